The molecule has 4 aromatic rings. The predicted octanol–water partition coefficient (Wildman–Crippen LogP) is 3.16. The van der Waals surface area contributed by atoms with Crippen LogP contribution in [0.15, 0.2) is 71.9 Å². The van der Waals surface area contributed by atoms with Gasteiger partial charge >= 0.3 is 0 Å². The Kier molecular flexibility index (Phi) is 6.66. The second-order valence-corrected chi connectivity index (χ2v) is 9.16. The van der Waals surface area contributed by atoms with Crippen LogP contribution in [0, 0.1) is 0 Å². The lowest BCUT2D eigenvalue weighted by atomic mass is 9.73. The number of ether oxygens (including phenoxy) is 1. The number of hydrogen-bond acceptors (Lipinski definition) is 5. The molecule has 1 amide bonds. The van der Waals surface area contributed by atoms with E-state index in [1.165, 1.54) is 12.5 Å². The van der Waals surface area contributed by atoms with E-state index in [1.54, 1.807) is 21.4 Å². The molecule has 0 radical (unpaired) electrons. The number of hydrogen-bond donors (Lipinski definition) is 1. The summed E-state index contributed by atoms with van der Waals surface area (Å²) in [5, 5.41) is 8.52. The Balaban J connectivity index is 1.28. The summed E-state index contributed by atoms with van der Waals surface area (Å²) < 4.78 is 8.74. The fraction of sp³-hybridized carbons (Fsp3) is 0.308. The topological polar surface area (TPSA) is 91.0 Å². The highest BCUT2D eigenvalue weighted by Crippen LogP contribution is 2.35. The number of aromatic nitrogens is 4. The maximum atomic E-state index is 13.3. The number of rotatable bonds is 7. The van der Waals surface area contributed by atoms with Gasteiger partial charge in [0.05, 0.1) is 24.7 Å². The molecular formula is C26H26ClN5O3. The number of fused-ring (bicyclic) bond motifs is 1. The molecule has 1 saturated heterocycles. The number of carbonyl (C=O) groups is 1. The van der Waals surface area contributed by atoms with E-state index in [-0.39, 0.29) is 11.5 Å². The van der Waals surface area contributed by atoms with Gasteiger partial charge in [-0.1, -0.05) is 54.1 Å². The summed E-state index contributed by atoms with van der Waals surface area (Å²) in [7, 11) is 0. The molecule has 8 nitrogen and oxygen atoms in total. The highest BCUT2D eigenvalue weighted by atomic mass is 35.5. The first kappa shape index (κ1) is 23.3. The van der Waals surface area contributed by atoms with Gasteiger partial charge in [-0.25, -0.2) is 9.67 Å². The standard InChI is InChI=1S/C26H26ClN5O3/c27-21-8-6-19(7-9-21)17-31-18-29-23-22(24(31)33)16-30-32(23)13-12-28-25(34)26(10-14-35-15-11-26)20-4-2-1-3-5-20/h1-9,16,18H,10-15,17H2,(H,28,34). The van der Waals surface area contributed by atoms with Crippen molar-refractivity contribution in [3.05, 3.63) is 93.6 Å². The Morgan fingerprint density at radius 2 is 1.83 bits per heavy atom. The average molecular weight is 492 g/mol. The van der Waals surface area contributed by atoms with Crippen LogP contribution in [0.4, 0.5) is 0 Å². The van der Waals surface area contributed by atoms with Crippen molar-refractivity contribution in [3.8, 4) is 0 Å². The van der Waals surface area contributed by atoms with E-state index < -0.39 is 5.41 Å². The number of benzene rings is 2. The Morgan fingerprint density at radius 1 is 1.09 bits per heavy atom. The zero-order valence-corrected chi connectivity index (χ0v) is 19.9. The van der Waals surface area contributed by atoms with Gasteiger partial charge < -0.3 is 10.1 Å². The van der Waals surface area contributed by atoms with Crippen molar-refractivity contribution >= 4 is 28.5 Å². The van der Waals surface area contributed by atoms with E-state index in [0.717, 1.165) is 11.1 Å². The second kappa shape index (κ2) is 10.0. The van der Waals surface area contributed by atoms with Crippen molar-refractivity contribution in [1.82, 2.24) is 24.6 Å². The van der Waals surface area contributed by atoms with Crippen LogP contribution < -0.4 is 10.9 Å². The average Bonchev–Trinajstić information content (AvgIpc) is 3.31. The van der Waals surface area contributed by atoms with Crippen LogP contribution in [-0.4, -0.2) is 45.0 Å². The van der Waals surface area contributed by atoms with Crippen LogP contribution in [0.2, 0.25) is 5.02 Å². The summed E-state index contributed by atoms with van der Waals surface area (Å²) in [4.78, 5) is 30.8. The third kappa shape index (κ3) is 4.72. The zero-order valence-electron chi connectivity index (χ0n) is 19.2. The first-order valence-electron chi connectivity index (χ1n) is 11.6. The lowest BCUT2D eigenvalue weighted by molar-refractivity contribution is -0.130. The maximum Gasteiger partial charge on any atom is 0.264 e. The molecule has 0 unspecified atom stereocenters. The van der Waals surface area contributed by atoms with E-state index in [0.29, 0.717) is 61.7 Å². The molecule has 1 aliphatic heterocycles. The molecule has 0 spiro atoms. The van der Waals surface area contributed by atoms with E-state index in [4.69, 9.17) is 16.3 Å². The monoisotopic (exact) mass is 491 g/mol. The Labute approximate surface area is 207 Å². The van der Waals surface area contributed by atoms with Crippen molar-refractivity contribution < 1.29 is 9.53 Å². The molecule has 9 heteroatoms. The van der Waals surface area contributed by atoms with Gasteiger partial charge in [-0.2, -0.15) is 5.10 Å². The lowest BCUT2D eigenvalue weighted by Gasteiger charge is -2.36. The number of halogens is 1. The van der Waals surface area contributed by atoms with Crippen LogP contribution in [0.25, 0.3) is 11.0 Å². The van der Waals surface area contributed by atoms with E-state index in [1.807, 2.05) is 42.5 Å². The van der Waals surface area contributed by atoms with Crippen molar-refractivity contribution in [3.63, 3.8) is 0 Å². The quantitative estimate of drug-likeness (QED) is 0.429. The summed E-state index contributed by atoms with van der Waals surface area (Å²) in [5.74, 6) is -0.0123. The fourth-order valence-corrected chi connectivity index (χ4v) is 4.75. The Hall–Kier alpha value is -3.49. The van der Waals surface area contributed by atoms with Gasteiger partial charge in [-0.15, -0.1) is 0 Å². The number of amides is 1. The Bertz CT molecular complexity index is 1380. The minimum atomic E-state index is -0.598. The highest BCUT2D eigenvalue weighted by molar-refractivity contribution is 6.30. The molecule has 0 bridgehead atoms. The minimum Gasteiger partial charge on any atom is -0.381 e. The molecule has 3 heterocycles. The molecule has 1 aliphatic rings. The van der Waals surface area contributed by atoms with Crippen molar-refractivity contribution in [1.29, 1.82) is 0 Å². The molecule has 180 valence electrons. The SMILES string of the molecule is O=C(NCCn1ncc2c(=O)n(Cc3ccc(Cl)cc3)cnc21)C1(c2ccccc2)CCOCC1. The molecule has 0 saturated carbocycles. The van der Waals surface area contributed by atoms with Crippen LogP contribution in [0.5, 0.6) is 0 Å². The maximum absolute atomic E-state index is 13.3. The van der Waals surface area contributed by atoms with Crippen LogP contribution in [0.1, 0.15) is 24.0 Å². The highest BCUT2D eigenvalue weighted by Gasteiger charge is 2.41. The van der Waals surface area contributed by atoms with Gasteiger partial charge in [0.15, 0.2) is 5.65 Å². The smallest absolute Gasteiger partial charge is 0.264 e. The van der Waals surface area contributed by atoms with E-state index in [9.17, 15) is 9.59 Å². The van der Waals surface area contributed by atoms with Crippen molar-refractivity contribution in [2.24, 2.45) is 0 Å². The third-order valence-corrected chi connectivity index (χ3v) is 6.86. The van der Waals surface area contributed by atoms with Gasteiger partial charge in [0.1, 0.15) is 11.7 Å². The van der Waals surface area contributed by atoms with Crippen LogP contribution in [-0.2, 0) is 28.0 Å². The third-order valence-electron chi connectivity index (χ3n) is 6.60. The van der Waals surface area contributed by atoms with Crippen LogP contribution in [0.3, 0.4) is 0 Å². The normalized spacial score (nSPS) is 15.2. The largest absolute Gasteiger partial charge is 0.381 e. The molecule has 1 fully saturated rings. The number of nitrogens with one attached hydrogen (secondary N) is 1. The predicted molar refractivity (Wildman–Crippen MR) is 134 cm³/mol. The summed E-state index contributed by atoms with van der Waals surface area (Å²) in [6.07, 6.45) is 4.35. The van der Waals surface area contributed by atoms with E-state index >= 15 is 0 Å². The first-order valence-corrected chi connectivity index (χ1v) is 12.0. The van der Waals surface area contributed by atoms with Gasteiger partial charge in [0, 0.05) is 24.8 Å². The molecule has 2 aromatic heterocycles. The summed E-state index contributed by atoms with van der Waals surface area (Å²) in [5.41, 5.74) is 1.70. The minimum absolute atomic E-state index is 0.0123. The Morgan fingerprint density at radius 3 is 2.57 bits per heavy atom. The summed E-state index contributed by atoms with van der Waals surface area (Å²) in [6.45, 7) is 2.28. The second-order valence-electron chi connectivity index (χ2n) is 8.73. The molecular weight excluding hydrogens is 466 g/mol. The summed E-state index contributed by atoms with van der Waals surface area (Å²) in [6, 6.07) is 17.2. The van der Waals surface area contributed by atoms with Gasteiger partial charge in [0.2, 0.25) is 5.91 Å². The zero-order chi connectivity index (χ0) is 24.3. The number of nitrogens with zero attached hydrogens (tertiary/aromatic N) is 4. The van der Waals surface area contributed by atoms with Crippen molar-refractivity contribution in [2.45, 2.75) is 31.3 Å². The van der Waals surface area contributed by atoms with Gasteiger partial charge in [0.25, 0.3) is 5.56 Å². The molecule has 2 aromatic carbocycles. The fourth-order valence-electron chi connectivity index (χ4n) is 4.63. The molecule has 1 N–H and O–H groups in total. The molecule has 0 aliphatic carbocycles. The first-order chi connectivity index (χ1) is 17.1. The summed E-state index contributed by atoms with van der Waals surface area (Å²) >= 11 is 5.95. The molecule has 35 heavy (non-hydrogen) atoms. The van der Waals surface area contributed by atoms with Crippen LogP contribution >= 0.6 is 11.6 Å². The lowest BCUT2D eigenvalue weighted by Crippen LogP contribution is -2.48. The van der Waals surface area contributed by atoms with Gasteiger partial charge in [-0.05, 0) is 36.1 Å². The number of carbonyl (C=O) groups excluding carboxylic acids is 1. The van der Waals surface area contributed by atoms with E-state index in [2.05, 4.69) is 15.4 Å². The van der Waals surface area contributed by atoms with Gasteiger partial charge in [-0.3, -0.25) is 14.2 Å². The molecule has 5 rings (SSSR count). The molecule has 0 atom stereocenters. The van der Waals surface area contributed by atoms with Crippen molar-refractivity contribution in [2.75, 3.05) is 19.8 Å².